The van der Waals surface area contributed by atoms with Gasteiger partial charge in [-0.25, -0.2) is 0 Å². The van der Waals surface area contributed by atoms with Crippen molar-refractivity contribution in [2.45, 2.75) is 79.1 Å². The van der Waals surface area contributed by atoms with Crippen molar-refractivity contribution in [1.82, 2.24) is 0 Å². The zero-order chi connectivity index (χ0) is 19.8. The zero-order valence-electron chi connectivity index (χ0n) is 17.7. The molecule has 0 amide bonds. The van der Waals surface area contributed by atoms with E-state index in [0.717, 1.165) is 24.7 Å². The molecule has 0 aromatic rings. The van der Waals surface area contributed by atoms with Crippen molar-refractivity contribution in [3.8, 4) is 0 Å². The summed E-state index contributed by atoms with van der Waals surface area (Å²) in [6.45, 7) is 9.14. The molecule has 0 saturated carbocycles. The fourth-order valence-corrected chi connectivity index (χ4v) is 2.96. The Morgan fingerprint density at radius 2 is 1.54 bits per heavy atom. The van der Waals surface area contributed by atoms with Crippen molar-refractivity contribution in [1.29, 1.82) is 0 Å². The summed E-state index contributed by atoms with van der Waals surface area (Å²) in [5.41, 5.74) is 0.534. The molecule has 0 aliphatic heterocycles. The first kappa shape index (κ1) is 25.6. The topological polar surface area (TPSA) is 69.9 Å². The molecule has 0 saturated heterocycles. The van der Waals surface area contributed by atoms with E-state index >= 15 is 0 Å². The first-order valence-electron chi connectivity index (χ1n) is 10.4. The second-order valence-electron chi connectivity index (χ2n) is 8.54. The number of aliphatic hydroxyl groups is 3. The molecule has 156 valence electrons. The van der Waals surface area contributed by atoms with Crippen molar-refractivity contribution in [3.63, 3.8) is 0 Å². The van der Waals surface area contributed by atoms with Crippen molar-refractivity contribution in [3.05, 3.63) is 11.6 Å². The van der Waals surface area contributed by atoms with Crippen LogP contribution in [0.1, 0.15) is 79.1 Å². The second kappa shape index (κ2) is 15.6. The lowest BCUT2D eigenvalue weighted by molar-refractivity contribution is -0.0579. The minimum absolute atomic E-state index is 0.188. The van der Waals surface area contributed by atoms with Gasteiger partial charge in [0.15, 0.2) is 0 Å². The summed E-state index contributed by atoms with van der Waals surface area (Å²) in [5.74, 6) is 1.66. The molecule has 1 unspecified atom stereocenters. The third kappa shape index (κ3) is 12.9. The Hall–Kier alpha value is -0.420. The van der Waals surface area contributed by atoms with Gasteiger partial charge in [-0.2, -0.15) is 0 Å². The summed E-state index contributed by atoms with van der Waals surface area (Å²) in [5, 5.41) is 27.7. The molecule has 0 rings (SSSR count). The molecule has 0 bridgehead atoms. The predicted octanol–water partition coefficient (Wildman–Crippen LogP) is 4.33. The highest BCUT2D eigenvalue weighted by atomic mass is 16.5. The van der Waals surface area contributed by atoms with Gasteiger partial charge in [0.1, 0.15) is 0 Å². The average molecular weight is 373 g/mol. The van der Waals surface area contributed by atoms with Gasteiger partial charge in [0, 0.05) is 6.61 Å². The standard InChI is InChI=1S/C22H44O4/c1-19(2)9-7-11-21(4)13-8-12-20(3)10-5-6-14-26-18-22(15-23,16-24)17-25/h10,19,21,23-25H,5-9,11-18H2,1-4H3/b20-10+. The molecule has 0 radical (unpaired) electrons. The lowest BCUT2D eigenvalue weighted by Crippen LogP contribution is -2.38. The third-order valence-corrected chi connectivity index (χ3v) is 5.15. The highest BCUT2D eigenvalue weighted by Gasteiger charge is 2.28. The van der Waals surface area contributed by atoms with Crippen LogP contribution in [-0.2, 0) is 4.74 Å². The molecule has 0 heterocycles. The minimum Gasteiger partial charge on any atom is -0.396 e. The normalized spacial score (nSPS) is 14.2. The zero-order valence-corrected chi connectivity index (χ0v) is 17.7. The molecule has 0 aliphatic carbocycles. The highest BCUT2D eigenvalue weighted by Crippen LogP contribution is 2.19. The number of unbranched alkanes of at least 4 members (excludes halogenated alkanes) is 1. The number of hydrogen-bond acceptors (Lipinski definition) is 4. The van der Waals surface area contributed by atoms with Crippen LogP contribution in [0.25, 0.3) is 0 Å². The third-order valence-electron chi connectivity index (χ3n) is 5.15. The minimum atomic E-state index is -0.919. The van der Waals surface area contributed by atoms with Gasteiger partial charge in [-0.15, -0.1) is 0 Å². The Morgan fingerprint density at radius 1 is 0.923 bits per heavy atom. The lowest BCUT2D eigenvalue weighted by atomic mass is 9.93. The summed E-state index contributed by atoms with van der Waals surface area (Å²) >= 11 is 0. The van der Waals surface area contributed by atoms with E-state index < -0.39 is 5.41 Å². The van der Waals surface area contributed by atoms with E-state index in [1.165, 1.54) is 44.1 Å². The summed E-state index contributed by atoms with van der Waals surface area (Å²) in [7, 11) is 0. The van der Waals surface area contributed by atoms with Crippen LogP contribution < -0.4 is 0 Å². The van der Waals surface area contributed by atoms with Gasteiger partial charge in [-0.3, -0.25) is 0 Å². The molecule has 26 heavy (non-hydrogen) atoms. The molecule has 4 nitrogen and oxygen atoms in total. The smallest absolute Gasteiger partial charge is 0.0629 e. The van der Waals surface area contributed by atoms with Crippen LogP contribution in [0.2, 0.25) is 0 Å². The van der Waals surface area contributed by atoms with Crippen LogP contribution in [-0.4, -0.2) is 48.4 Å². The summed E-state index contributed by atoms with van der Waals surface area (Å²) < 4.78 is 5.51. The Labute approximate surface area is 161 Å². The van der Waals surface area contributed by atoms with E-state index in [9.17, 15) is 15.3 Å². The number of aliphatic hydroxyl groups excluding tert-OH is 3. The van der Waals surface area contributed by atoms with Gasteiger partial charge in [0.05, 0.1) is 31.8 Å². The van der Waals surface area contributed by atoms with Crippen LogP contribution in [0.5, 0.6) is 0 Å². The Balaban J connectivity index is 3.73. The molecule has 0 spiro atoms. The first-order valence-corrected chi connectivity index (χ1v) is 10.4. The lowest BCUT2D eigenvalue weighted by Gasteiger charge is -2.26. The van der Waals surface area contributed by atoms with Crippen molar-refractivity contribution in [2.75, 3.05) is 33.0 Å². The van der Waals surface area contributed by atoms with Crippen LogP contribution >= 0.6 is 0 Å². The quantitative estimate of drug-likeness (QED) is 0.263. The van der Waals surface area contributed by atoms with E-state index in [1.54, 1.807) is 0 Å². The summed E-state index contributed by atoms with van der Waals surface area (Å²) in [4.78, 5) is 0. The van der Waals surface area contributed by atoms with Crippen LogP contribution in [0.3, 0.4) is 0 Å². The van der Waals surface area contributed by atoms with Gasteiger partial charge in [0.25, 0.3) is 0 Å². The molecule has 0 aromatic carbocycles. The van der Waals surface area contributed by atoms with Crippen molar-refractivity contribution >= 4 is 0 Å². The molecule has 4 heteroatoms. The van der Waals surface area contributed by atoms with E-state index in [2.05, 4.69) is 33.8 Å². The Morgan fingerprint density at radius 3 is 2.12 bits per heavy atom. The monoisotopic (exact) mass is 372 g/mol. The van der Waals surface area contributed by atoms with E-state index in [0.29, 0.717) is 6.61 Å². The highest BCUT2D eigenvalue weighted by molar-refractivity contribution is 4.97. The van der Waals surface area contributed by atoms with Gasteiger partial charge in [0.2, 0.25) is 0 Å². The summed E-state index contributed by atoms with van der Waals surface area (Å²) in [6.07, 6.45) is 12.0. The van der Waals surface area contributed by atoms with Crippen LogP contribution in [0.4, 0.5) is 0 Å². The van der Waals surface area contributed by atoms with Crippen molar-refractivity contribution < 1.29 is 20.1 Å². The Kier molecular flexibility index (Phi) is 15.4. The van der Waals surface area contributed by atoms with Gasteiger partial charge in [-0.05, 0) is 44.4 Å². The van der Waals surface area contributed by atoms with E-state index in [1.807, 2.05) is 0 Å². The second-order valence-corrected chi connectivity index (χ2v) is 8.54. The molecule has 1 atom stereocenters. The van der Waals surface area contributed by atoms with E-state index in [4.69, 9.17) is 4.74 Å². The van der Waals surface area contributed by atoms with Crippen LogP contribution in [0, 0.1) is 17.3 Å². The number of ether oxygens (including phenoxy) is 1. The molecule has 3 N–H and O–H groups in total. The predicted molar refractivity (Wildman–Crippen MR) is 109 cm³/mol. The van der Waals surface area contributed by atoms with Crippen molar-refractivity contribution in [2.24, 2.45) is 17.3 Å². The van der Waals surface area contributed by atoms with Gasteiger partial charge >= 0.3 is 0 Å². The maximum Gasteiger partial charge on any atom is 0.0629 e. The number of rotatable bonds is 17. The molecule has 0 aromatic heterocycles. The maximum atomic E-state index is 9.24. The molecular formula is C22H44O4. The first-order chi connectivity index (χ1) is 12.4. The molecular weight excluding hydrogens is 328 g/mol. The molecule has 0 aliphatic rings. The SMILES string of the molecule is C/C(=C\CCCOCC(CO)(CO)CO)CCCC(C)CCCC(C)C. The molecule has 0 fully saturated rings. The van der Waals surface area contributed by atoms with E-state index in [-0.39, 0.29) is 26.4 Å². The van der Waals surface area contributed by atoms with Gasteiger partial charge in [-0.1, -0.05) is 58.1 Å². The number of hydrogen-bond donors (Lipinski definition) is 3. The fourth-order valence-electron chi connectivity index (χ4n) is 2.96. The van der Waals surface area contributed by atoms with Crippen LogP contribution in [0.15, 0.2) is 11.6 Å². The van der Waals surface area contributed by atoms with Gasteiger partial charge < -0.3 is 20.1 Å². The number of allylic oxidation sites excluding steroid dienone is 2. The largest absolute Gasteiger partial charge is 0.396 e. The average Bonchev–Trinajstić information content (AvgIpc) is 2.61. The summed E-state index contributed by atoms with van der Waals surface area (Å²) in [6, 6.07) is 0. The Bertz CT molecular complexity index is 340. The fraction of sp³-hybridized carbons (Fsp3) is 0.909. The maximum absolute atomic E-state index is 9.24.